The highest BCUT2D eigenvalue weighted by atomic mass is 32.2. The standard InChI is InChI=1S/C21H28N2O5S/c1-4-5-6-7-21(25)28-15-20(24)22-18-8-10-19(11-9-18)29(26,27)23-13-16(2)12-17(3)14-23/h4-11,16-17H,12-15H2,1-3H3,(H,22,24)/b5-4+,7-6+/t16-,17+. The van der Waals surface area contributed by atoms with Gasteiger partial charge in [-0.2, -0.15) is 4.31 Å². The van der Waals surface area contributed by atoms with Crippen molar-refractivity contribution in [1.82, 2.24) is 4.31 Å². The summed E-state index contributed by atoms with van der Waals surface area (Å²) in [4.78, 5) is 23.5. The molecule has 1 aliphatic rings. The topological polar surface area (TPSA) is 92.8 Å². The van der Waals surface area contributed by atoms with Gasteiger partial charge in [0.05, 0.1) is 4.90 Å². The van der Waals surface area contributed by atoms with Crippen molar-refractivity contribution in [2.45, 2.75) is 32.1 Å². The monoisotopic (exact) mass is 420 g/mol. The largest absolute Gasteiger partial charge is 0.452 e. The minimum atomic E-state index is -3.57. The van der Waals surface area contributed by atoms with Crippen LogP contribution in [0, 0.1) is 11.8 Å². The summed E-state index contributed by atoms with van der Waals surface area (Å²) in [6.45, 7) is 6.52. The quantitative estimate of drug-likeness (QED) is 0.416. The van der Waals surface area contributed by atoms with Crippen molar-refractivity contribution >= 4 is 27.6 Å². The zero-order valence-electron chi connectivity index (χ0n) is 17.0. The molecular formula is C21H28N2O5S. The minimum Gasteiger partial charge on any atom is -0.452 e. The molecule has 7 nitrogen and oxygen atoms in total. The van der Waals surface area contributed by atoms with Crippen molar-refractivity contribution in [3.8, 4) is 0 Å². The van der Waals surface area contributed by atoms with Gasteiger partial charge in [0, 0.05) is 24.9 Å². The van der Waals surface area contributed by atoms with Crippen LogP contribution in [0.15, 0.2) is 53.5 Å². The first-order valence-corrected chi connectivity index (χ1v) is 11.0. The van der Waals surface area contributed by atoms with Gasteiger partial charge in [0.2, 0.25) is 10.0 Å². The van der Waals surface area contributed by atoms with Gasteiger partial charge in [-0.1, -0.05) is 32.1 Å². The summed E-state index contributed by atoms with van der Waals surface area (Å²) in [7, 11) is -3.57. The van der Waals surface area contributed by atoms with E-state index >= 15 is 0 Å². The van der Waals surface area contributed by atoms with Crippen LogP contribution < -0.4 is 5.32 Å². The van der Waals surface area contributed by atoms with Crippen LogP contribution in [-0.2, 0) is 24.3 Å². The lowest BCUT2D eigenvalue weighted by Gasteiger charge is -2.34. The number of carbonyl (C=O) groups excluding carboxylic acids is 2. The van der Waals surface area contributed by atoms with Crippen LogP contribution in [0.3, 0.4) is 0 Å². The predicted molar refractivity (Wildman–Crippen MR) is 112 cm³/mol. The van der Waals surface area contributed by atoms with E-state index in [0.717, 1.165) is 6.42 Å². The average Bonchev–Trinajstić information content (AvgIpc) is 2.66. The van der Waals surface area contributed by atoms with Crippen LogP contribution >= 0.6 is 0 Å². The highest BCUT2D eigenvalue weighted by Gasteiger charge is 2.31. The smallest absolute Gasteiger partial charge is 0.331 e. The SMILES string of the molecule is C/C=C/C=C/C(=O)OCC(=O)Nc1ccc(S(=O)(=O)N2C[C@H](C)C[C@H](C)C2)cc1. The summed E-state index contributed by atoms with van der Waals surface area (Å²) in [6.07, 6.45) is 7.18. The Kier molecular flexibility index (Phi) is 8.16. The van der Waals surface area contributed by atoms with Crippen molar-refractivity contribution in [1.29, 1.82) is 0 Å². The molecule has 1 N–H and O–H groups in total. The Morgan fingerprint density at radius 3 is 2.34 bits per heavy atom. The van der Waals surface area contributed by atoms with Gasteiger partial charge in [-0.05, 0) is 49.4 Å². The van der Waals surface area contributed by atoms with Crippen LogP contribution in [0.25, 0.3) is 0 Å². The Morgan fingerprint density at radius 1 is 1.14 bits per heavy atom. The predicted octanol–water partition coefficient (Wildman–Crippen LogP) is 2.97. The molecule has 1 aliphatic heterocycles. The molecule has 1 saturated heterocycles. The van der Waals surface area contributed by atoms with Crippen molar-refractivity contribution in [3.63, 3.8) is 0 Å². The second-order valence-electron chi connectivity index (χ2n) is 7.33. The number of hydrogen-bond donors (Lipinski definition) is 1. The van der Waals surface area contributed by atoms with E-state index in [2.05, 4.69) is 19.2 Å². The van der Waals surface area contributed by atoms with E-state index < -0.39 is 28.5 Å². The molecule has 2 rings (SSSR count). The zero-order chi connectivity index (χ0) is 21.4. The Hall–Kier alpha value is -2.45. The van der Waals surface area contributed by atoms with Crippen LogP contribution in [0.4, 0.5) is 5.69 Å². The van der Waals surface area contributed by atoms with Gasteiger partial charge < -0.3 is 10.1 Å². The van der Waals surface area contributed by atoms with E-state index in [1.165, 1.54) is 40.7 Å². The van der Waals surface area contributed by atoms with Gasteiger partial charge in [0.1, 0.15) is 0 Å². The van der Waals surface area contributed by atoms with Gasteiger partial charge in [-0.25, -0.2) is 13.2 Å². The molecule has 1 amide bonds. The molecule has 1 heterocycles. The Balaban J connectivity index is 1.94. The van der Waals surface area contributed by atoms with Crippen molar-refractivity contribution in [2.24, 2.45) is 11.8 Å². The summed E-state index contributed by atoms with van der Waals surface area (Å²) in [6, 6.07) is 5.99. The number of hydrogen-bond acceptors (Lipinski definition) is 5. The van der Waals surface area contributed by atoms with Crippen LogP contribution in [0.1, 0.15) is 27.2 Å². The third-order valence-electron chi connectivity index (χ3n) is 4.49. The Labute approximate surface area is 172 Å². The minimum absolute atomic E-state index is 0.192. The van der Waals surface area contributed by atoms with Crippen LogP contribution in [0.2, 0.25) is 0 Å². The Morgan fingerprint density at radius 2 is 1.76 bits per heavy atom. The second kappa shape index (κ2) is 10.4. The lowest BCUT2D eigenvalue weighted by atomic mass is 9.94. The maximum atomic E-state index is 12.9. The van der Waals surface area contributed by atoms with E-state index in [1.54, 1.807) is 12.2 Å². The number of esters is 1. The normalized spacial score (nSPS) is 20.8. The number of carbonyl (C=O) groups is 2. The molecule has 1 aromatic rings. The molecule has 2 atom stereocenters. The molecule has 8 heteroatoms. The molecular weight excluding hydrogens is 392 g/mol. The van der Waals surface area contributed by atoms with E-state index in [0.29, 0.717) is 30.6 Å². The first kappa shape index (κ1) is 22.8. The van der Waals surface area contributed by atoms with Crippen molar-refractivity contribution < 1.29 is 22.7 Å². The number of rotatable bonds is 7. The van der Waals surface area contributed by atoms with Crippen molar-refractivity contribution in [2.75, 3.05) is 25.0 Å². The number of sulfonamides is 1. The summed E-state index contributed by atoms with van der Waals surface area (Å²) < 4.78 is 32.1. The summed E-state index contributed by atoms with van der Waals surface area (Å²) in [5.41, 5.74) is 0.426. The number of benzene rings is 1. The molecule has 0 spiro atoms. The Bertz CT molecular complexity index is 865. The lowest BCUT2D eigenvalue weighted by molar-refractivity contribution is -0.142. The number of anilines is 1. The lowest BCUT2D eigenvalue weighted by Crippen LogP contribution is -2.42. The van der Waals surface area contributed by atoms with E-state index in [1.807, 2.05) is 6.92 Å². The fraction of sp³-hybridized carbons (Fsp3) is 0.429. The maximum Gasteiger partial charge on any atom is 0.331 e. The molecule has 0 unspecified atom stereocenters. The number of nitrogens with one attached hydrogen (secondary N) is 1. The zero-order valence-corrected chi connectivity index (χ0v) is 17.8. The molecule has 1 fully saturated rings. The molecule has 29 heavy (non-hydrogen) atoms. The maximum absolute atomic E-state index is 12.9. The van der Waals surface area contributed by atoms with E-state index in [4.69, 9.17) is 4.74 Å². The van der Waals surface area contributed by atoms with Crippen LogP contribution in [-0.4, -0.2) is 44.3 Å². The fourth-order valence-corrected chi connectivity index (χ4v) is 4.97. The number of amides is 1. The summed E-state index contributed by atoms with van der Waals surface area (Å²) in [5.74, 6) is -0.484. The third-order valence-corrected chi connectivity index (χ3v) is 6.34. The molecule has 0 saturated carbocycles. The van der Waals surface area contributed by atoms with Gasteiger partial charge in [-0.15, -0.1) is 0 Å². The number of piperidine rings is 1. The number of nitrogens with zero attached hydrogens (tertiary/aromatic N) is 1. The molecule has 158 valence electrons. The molecule has 0 radical (unpaired) electrons. The first-order valence-electron chi connectivity index (χ1n) is 9.58. The van der Waals surface area contributed by atoms with Gasteiger partial charge >= 0.3 is 5.97 Å². The van der Waals surface area contributed by atoms with Gasteiger partial charge in [0.25, 0.3) is 5.91 Å². The molecule has 1 aromatic carbocycles. The first-order chi connectivity index (χ1) is 13.7. The fourth-order valence-electron chi connectivity index (χ4n) is 3.29. The third kappa shape index (κ3) is 6.83. The highest BCUT2D eigenvalue weighted by Crippen LogP contribution is 2.27. The number of ether oxygens (including phenoxy) is 1. The second-order valence-corrected chi connectivity index (χ2v) is 9.27. The summed E-state index contributed by atoms with van der Waals surface area (Å²) in [5, 5.41) is 2.57. The summed E-state index contributed by atoms with van der Waals surface area (Å²) >= 11 is 0. The van der Waals surface area contributed by atoms with E-state index in [-0.39, 0.29) is 4.90 Å². The van der Waals surface area contributed by atoms with Gasteiger partial charge in [0.15, 0.2) is 6.61 Å². The average molecular weight is 421 g/mol. The number of allylic oxidation sites excluding steroid dienone is 3. The molecule has 0 bridgehead atoms. The highest BCUT2D eigenvalue weighted by molar-refractivity contribution is 7.89. The molecule has 0 aromatic heterocycles. The van der Waals surface area contributed by atoms with Crippen molar-refractivity contribution in [3.05, 3.63) is 48.6 Å². The van der Waals surface area contributed by atoms with Crippen LogP contribution in [0.5, 0.6) is 0 Å². The van der Waals surface area contributed by atoms with E-state index in [9.17, 15) is 18.0 Å². The molecule has 0 aliphatic carbocycles. The van der Waals surface area contributed by atoms with Gasteiger partial charge in [-0.3, -0.25) is 4.79 Å².